The third kappa shape index (κ3) is 3.40. The Morgan fingerprint density at radius 2 is 1.89 bits per heavy atom. The molecule has 0 saturated carbocycles. The van der Waals surface area contributed by atoms with Gasteiger partial charge in [-0.3, -0.25) is 4.79 Å². The highest BCUT2D eigenvalue weighted by molar-refractivity contribution is 8.00. The number of thioether (sulfide) groups is 1. The largest absolute Gasteiger partial charge is 0.497 e. The second-order valence-corrected chi connectivity index (χ2v) is 7.89. The average molecular weight is 394 g/mol. The molecular weight excluding hydrogens is 370 g/mol. The first kappa shape index (κ1) is 18.6. The van der Waals surface area contributed by atoms with Gasteiger partial charge in [0.15, 0.2) is 0 Å². The minimum Gasteiger partial charge on any atom is -0.497 e. The van der Waals surface area contributed by atoms with Gasteiger partial charge in [-0.25, -0.2) is 4.68 Å². The highest BCUT2D eigenvalue weighted by Crippen LogP contribution is 2.44. The number of methoxy groups -OCH3 is 1. The first-order chi connectivity index (χ1) is 13.6. The van der Waals surface area contributed by atoms with E-state index >= 15 is 0 Å². The molecule has 2 heterocycles. The lowest BCUT2D eigenvalue weighted by Crippen LogP contribution is -2.15. The van der Waals surface area contributed by atoms with E-state index in [-0.39, 0.29) is 11.2 Å². The minimum absolute atomic E-state index is 0.00594. The summed E-state index contributed by atoms with van der Waals surface area (Å²) in [5.74, 6) is 1.98. The fourth-order valence-corrected chi connectivity index (χ4v) is 4.67. The minimum atomic E-state index is -0.00594. The summed E-state index contributed by atoms with van der Waals surface area (Å²) < 4.78 is 7.13. The standard InChI is InChI=1S/C22H23N3O2S/c1-4-15-5-9-17(10-6-15)25-22-20(14(2)24-25)21(28-13-19(26)23-22)16-7-11-18(27-3)12-8-16/h5-12,21H,4,13H2,1-3H3,(H,23,26)/t21-/m0/s1. The summed E-state index contributed by atoms with van der Waals surface area (Å²) in [7, 11) is 1.66. The molecule has 0 aliphatic carbocycles. The molecule has 1 amide bonds. The van der Waals surface area contributed by atoms with E-state index in [1.165, 1.54) is 5.56 Å². The number of hydrogen-bond donors (Lipinski definition) is 1. The van der Waals surface area contributed by atoms with Gasteiger partial charge in [0.2, 0.25) is 5.91 Å². The van der Waals surface area contributed by atoms with Crippen molar-refractivity contribution in [3.8, 4) is 11.4 Å². The van der Waals surface area contributed by atoms with Crippen molar-refractivity contribution in [3.63, 3.8) is 0 Å². The van der Waals surface area contributed by atoms with Crippen molar-refractivity contribution in [2.75, 3.05) is 18.2 Å². The number of hydrogen-bond acceptors (Lipinski definition) is 4. The molecule has 1 N–H and O–H groups in total. The lowest BCUT2D eigenvalue weighted by molar-refractivity contribution is -0.113. The quantitative estimate of drug-likeness (QED) is 0.708. The highest BCUT2D eigenvalue weighted by atomic mass is 32.2. The van der Waals surface area contributed by atoms with Crippen molar-refractivity contribution in [2.24, 2.45) is 0 Å². The van der Waals surface area contributed by atoms with Crippen LogP contribution >= 0.6 is 11.8 Å². The number of aryl methyl sites for hydroxylation is 2. The molecule has 0 fully saturated rings. The Balaban J connectivity index is 1.82. The number of rotatable bonds is 4. The Labute approximate surface area is 169 Å². The fraction of sp³-hybridized carbons (Fsp3) is 0.273. The zero-order valence-corrected chi connectivity index (χ0v) is 17.0. The molecule has 0 spiro atoms. The number of fused-ring (bicyclic) bond motifs is 1. The molecule has 3 aromatic rings. The molecule has 1 aliphatic heterocycles. The Kier molecular flexibility index (Phi) is 5.13. The summed E-state index contributed by atoms with van der Waals surface area (Å²) in [6.45, 7) is 4.14. The van der Waals surface area contributed by atoms with Crippen LogP contribution in [0.4, 0.5) is 5.82 Å². The molecule has 1 atom stereocenters. The summed E-state index contributed by atoms with van der Waals surface area (Å²) in [4.78, 5) is 12.4. The number of carbonyl (C=O) groups is 1. The molecule has 0 unspecified atom stereocenters. The summed E-state index contributed by atoms with van der Waals surface area (Å²) in [5, 5.41) is 7.88. The Morgan fingerprint density at radius 3 is 2.54 bits per heavy atom. The van der Waals surface area contributed by atoms with Crippen LogP contribution in [0.2, 0.25) is 0 Å². The van der Waals surface area contributed by atoms with Crippen LogP contribution in [-0.4, -0.2) is 28.6 Å². The van der Waals surface area contributed by atoms with Gasteiger partial charge in [0.25, 0.3) is 0 Å². The van der Waals surface area contributed by atoms with E-state index in [1.807, 2.05) is 23.7 Å². The van der Waals surface area contributed by atoms with Crippen LogP contribution < -0.4 is 10.1 Å². The van der Waals surface area contributed by atoms with Crippen molar-refractivity contribution >= 4 is 23.5 Å². The maximum Gasteiger partial charge on any atom is 0.235 e. The first-order valence-corrected chi connectivity index (χ1v) is 10.4. The Morgan fingerprint density at radius 1 is 1.18 bits per heavy atom. The van der Waals surface area contributed by atoms with Crippen LogP contribution in [0, 0.1) is 6.92 Å². The number of benzene rings is 2. The molecule has 5 nitrogen and oxygen atoms in total. The summed E-state index contributed by atoms with van der Waals surface area (Å²) in [6, 6.07) is 16.3. The fourth-order valence-electron chi connectivity index (χ4n) is 3.49. The Bertz CT molecular complexity index is 994. The van der Waals surface area contributed by atoms with Crippen molar-refractivity contribution in [1.29, 1.82) is 0 Å². The van der Waals surface area contributed by atoms with Crippen LogP contribution in [-0.2, 0) is 11.2 Å². The number of aromatic nitrogens is 2. The topological polar surface area (TPSA) is 56.2 Å². The Hall–Kier alpha value is -2.73. The number of ether oxygens (including phenoxy) is 1. The lowest BCUT2D eigenvalue weighted by atomic mass is 10.0. The summed E-state index contributed by atoms with van der Waals surface area (Å²) >= 11 is 1.62. The van der Waals surface area contributed by atoms with Crippen molar-refractivity contribution in [1.82, 2.24) is 9.78 Å². The highest BCUT2D eigenvalue weighted by Gasteiger charge is 2.30. The van der Waals surface area contributed by atoms with Crippen LogP contribution in [0.1, 0.15) is 34.6 Å². The zero-order chi connectivity index (χ0) is 19.7. The van der Waals surface area contributed by atoms with Crippen LogP contribution in [0.25, 0.3) is 5.69 Å². The molecule has 4 rings (SSSR count). The van der Waals surface area contributed by atoms with Gasteiger partial charge in [-0.15, -0.1) is 11.8 Å². The summed E-state index contributed by atoms with van der Waals surface area (Å²) in [5.41, 5.74) is 5.33. The maximum absolute atomic E-state index is 12.4. The van der Waals surface area contributed by atoms with Crippen molar-refractivity contribution in [3.05, 3.63) is 70.9 Å². The van der Waals surface area contributed by atoms with Gasteiger partial charge >= 0.3 is 0 Å². The van der Waals surface area contributed by atoms with Crippen molar-refractivity contribution in [2.45, 2.75) is 25.5 Å². The molecule has 28 heavy (non-hydrogen) atoms. The first-order valence-electron chi connectivity index (χ1n) is 9.35. The molecule has 0 radical (unpaired) electrons. The van der Waals surface area contributed by atoms with E-state index in [2.05, 4.69) is 48.6 Å². The predicted molar refractivity (Wildman–Crippen MR) is 114 cm³/mol. The number of nitrogens with one attached hydrogen (secondary N) is 1. The SMILES string of the molecule is CCc1ccc(-n2nc(C)c3c2NC(=O)CS[C@H]3c2ccc(OC)cc2)cc1. The predicted octanol–water partition coefficient (Wildman–Crippen LogP) is 4.53. The lowest BCUT2D eigenvalue weighted by Gasteiger charge is -2.16. The smallest absolute Gasteiger partial charge is 0.235 e. The molecule has 6 heteroatoms. The maximum atomic E-state index is 12.4. The number of amides is 1. The number of anilines is 1. The number of carbonyl (C=O) groups excluding carboxylic acids is 1. The van der Waals surface area contributed by atoms with Gasteiger partial charge in [0.1, 0.15) is 11.6 Å². The summed E-state index contributed by atoms with van der Waals surface area (Å²) in [6.07, 6.45) is 0.990. The van der Waals surface area contributed by atoms with Gasteiger partial charge in [-0.1, -0.05) is 31.2 Å². The van der Waals surface area contributed by atoms with E-state index < -0.39 is 0 Å². The average Bonchev–Trinajstić information content (AvgIpc) is 2.93. The molecule has 0 saturated heterocycles. The molecule has 2 aromatic carbocycles. The monoisotopic (exact) mass is 393 g/mol. The molecule has 1 aromatic heterocycles. The van der Waals surface area contributed by atoms with E-state index in [0.29, 0.717) is 5.75 Å². The van der Waals surface area contributed by atoms with E-state index in [1.54, 1.807) is 18.9 Å². The van der Waals surface area contributed by atoms with Gasteiger partial charge in [0.05, 0.1) is 29.5 Å². The van der Waals surface area contributed by atoms with Crippen LogP contribution in [0.15, 0.2) is 48.5 Å². The second kappa shape index (κ2) is 7.72. The van der Waals surface area contributed by atoms with Gasteiger partial charge in [0, 0.05) is 5.56 Å². The second-order valence-electron chi connectivity index (χ2n) is 6.79. The van der Waals surface area contributed by atoms with E-state index in [0.717, 1.165) is 40.5 Å². The third-order valence-electron chi connectivity index (χ3n) is 5.02. The molecule has 0 bridgehead atoms. The van der Waals surface area contributed by atoms with Crippen LogP contribution in [0.3, 0.4) is 0 Å². The van der Waals surface area contributed by atoms with Crippen LogP contribution in [0.5, 0.6) is 5.75 Å². The normalized spacial score (nSPS) is 16.2. The van der Waals surface area contributed by atoms with Gasteiger partial charge in [-0.2, -0.15) is 5.10 Å². The van der Waals surface area contributed by atoms with E-state index in [9.17, 15) is 4.79 Å². The van der Waals surface area contributed by atoms with Crippen molar-refractivity contribution < 1.29 is 9.53 Å². The van der Waals surface area contributed by atoms with E-state index in [4.69, 9.17) is 9.84 Å². The van der Waals surface area contributed by atoms with Gasteiger partial charge < -0.3 is 10.1 Å². The third-order valence-corrected chi connectivity index (χ3v) is 6.29. The zero-order valence-electron chi connectivity index (χ0n) is 16.2. The number of nitrogens with zero attached hydrogens (tertiary/aromatic N) is 2. The molecule has 144 valence electrons. The molecular formula is C22H23N3O2S. The van der Waals surface area contributed by atoms with Gasteiger partial charge in [-0.05, 0) is 48.7 Å². The molecule has 1 aliphatic rings.